The van der Waals surface area contributed by atoms with E-state index in [1.807, 2.05) is 78.5 Å². The lowest BCUT2D eigenvalue weighted by Crippen LogP contribution is -2.30. The van der Waals surface area contributed by atoms with Crippen LogP contribution in [0.1, 0.15) is 11.3 Å². The van der Waals surface area contributed by atoms with Crippen LogP contribution in [-0.2, 0) is 17.9 Å². The molecule has 7 heteroatoms. The fraction of sp³-hybridized carbons (Fsp3) is 0.136. The average molecular weight is 404 g/mol. The Morgan fingerprint density at radius 2 is 1.76 bits per heavy atom. The molecule has 6 nitrogen and oxygen atoms in total. The minimum absolute atomic E-state index is 0.0155. The molecule has 4 aromatic rings. The maximum atomic E-state index is 12.4. The highest BCUT2D eigenvalue weighted by Crippen LogP contribution is 2.23. The van der Waals surface area contributed by atoms with Gasteiger partial charge in [-0.3, -0.25) is 14.2 Å². The van der Waals surface area contributed by atoms with E-state index < -0.39 is 0 Å². The zero-order chi connectivity index (χ0) is 20.2. The van der Waals surface area contributed by atoms with Gasteiger partial charge in [-0.05, 0) is 19.1 Å². The van der Waals surface area contributed by atoms with Gasteiger partial charge < -0.3 is 5.32 Å². The number of para-hydroxylation sites is 1. The summed E-state index contributed by atoms with van der Waals surface area (Å²) in [6.45, 7) is 2.16. The summed E-state index contributed by atoms with van der Waals surface area (Å²) < 4.78 is 3.29. The van der Waals surface area contributed by atoms with Crippen molar-refractivity contribution < 1.29 is 4.79 Å². The maximum absolute atomic E-state index is 12.4. The van der Waals surface area contributed by atoms with Gasteiger partial charge in [-0.1, -0.05) is 59.9 Å². The van der Waals surface area contributed by atoms with Crippen molar-refractivity contribution in [3.8, 4) is 16.9 Å². The minimum Gasteiger partial charge on any atom is -0.350 e. The molecular formula is C22H20N4O2S. The van der Waals surface area contributed by atoms with Crippen LogP contribution in [0.15, 0.2) is 77.0 Å². The van der Waals surface area contributed by atoms with Gasteiger partial charge in [-0.2, -0.15) is 5.10 Å². The van der Waals surface area contributed by atoms with Crippen molar-refractivity contribution in [3.05, 3.63) is 93.2 Å². The van der Waals surface area contributed by atoms with Crippen LogP contribution in [0.4, 0.5) is 0 Å². The molecule has 0 atom stereocenters. The van der Waals surface area contributed by atoms with Gasteiger partial charge >= 0.3 is 4.87 Å². The molecule has 1 amide bonds. The number of nitrogens with zero attached hydrogens (tertiary/aromatic N) is 3. The molecule has 0 radical (unpaired) electrons. The lowest BCUT2D eigenvalue weighted by Gasteiger charge is -2.07. The summed E-state index contributed by atoms with van der Waals surface area (Å²) >= 11 is 1.10. The lowest BCUT2D eigenvalue weighted by atomic mass is 10.1. The molecule has 29 heavy (non-hydrogen) atoms. The third-order valence-corrected chi connectivity index (χ3v) is 5.49. The molecule has 0 aliphatic rings. The van der Waals surface area contributed by atoms with Crippen LogP contribution >= 0.6 is 11.3 Å². The van der Waals surface area contributed by atoms with E-state index in [4.69, 9.17) is 5.10 Å². The van der Waals surface area contributed by atoms with Gasteiger partial charge in [0, 0.05) is 34.9 Å². The van der Waals surface area contributed by atoms with Crippen LogP contribution in [0.3, 0.4) is 0 Å². The lowest BCUT2D eigenvalue weighted by molar-refractivity contribution is -0.121. The fourth-order valence-corrected chi connectivity index (χ4v) is 3.81. The molecule has 0 saturated heterocycles. The summed E-state index contributed by atoms with van der Waals surface area (Å²) in [4.78, 5) is 24.1. The van der Waals surface area contributed by atoms with Crippen LogP contribution in [0, 0.1) is 6.92 Å². The maximum Gasteiger partial charge on any atom is 0.307 e. The molecule has 0 bridgehead atoms. The fourth-order valence-electron chi connectivity index (χ4n) is 3.08. The summed E-state index contributed by atoms with van der Waals surface area (Å²) in [5.41, 5.74) is 4.44. The highest BCUT2D eigenvalue weighted by molar-refractivity contribution is 7.07. The molecule has 1 N–H and O–H groups in total. The molecule has 2 aromatic heterocycles. The van der Waals surface area contributed by atoms with Gasteiger partial charge in [0.15, 0.2) is 0 Å². The molecule has 0 fully saturated rings. The van der Waals surface area contributed by atoms with Crippen LogP contribution in [0.25, 0.3) is 16.9 Å². The van der Waals surface area contributed by atoms with Gasteiger partial charge in [0.1, 0.15) is 6.54 Å². The van der Waals surface area contributed by atoms with Crippen LogP contribution in [-0.4, -0.2) is 20.3 Å². The zero-order valence-corrected chi connectivity index (χ0v) is 16.7. The van der Waals surface area contributed by atoms with E-state index in [0.29, 0.717) is 6.54 Å². The zero-order valence-electron chi connectivity index (χ0n) is 15.9. The smallest absolute Gasteiger partial charge is 0.307 e. The summed E-state index contributed by atoms with van der Waals surface area (Å²) in [6.07, 6.45) is 1.93. The largest absolute Gasteiger partial charge is 0.350 e. The summed E-state index contributed by atoms with van der Waals surface area (Å²) in [5.74, 6) is -0.208. The standard InChI is InChI=1S/C22H20N4O2S/c1-16-15-29-22(28)25(16)14-20(27)23-12-18-13-26(19-10-6-3-7-11-19)24-21(18)17-8-4-2-5-9-17/h2-11,13,15H,12,14H2,1H3,(H,23,27). The molecule has 0 spiro atoms. The number of aryl methyl sites for hydroxylation is 1. The quantitative estimate of drug-likeness (QED) is 0.536. The Hall–Kier alpha value is -3.45. The topological polar surface area (TPSA) is 68.9 Å². The van der Waals surface area contributed by atoms with Crippen molar-refractivity contribution in [1.82, 2.24) is 19.7 Å². The monoisotopic (exact) mass is 404 g/mol. The molecule has 0 saturated carbocycles. The number of aromatic nitrogens is 3. The van der Waals surface area contributed by atoms with Gasteiger partial charge in [0.25, 0.3) is 0 Å². The Morgan fingerprint density at radius 1 is 1.07 bits per heavy atom. The number of carbonyl (C=O) groups excluding carboxylic acids is 1. The Kier molecular flexibility index (Phi) is 5.39. The van der Waals surface area contributed by atoms with Crippen molar-refractivity contribution in [2.75, 3.05) is 0 Å². The van der Waals surface area contributed by atoms with Gasteiger partial charge in [0.05, 0.1) is 11.4 Å². The van der Waals surface area contributed by atoms with Gasteiger partial charge in [-0.25, -0.2) is 4.68 Å². The van der Waals surface area contributed by atoms with Crippen molar-refractivity contribution in [3.63, 3.8) is 0 Å². The van der Waals surface area contributed by atoms with Crippen molar-refractivity contribution in [2.45, 2.75) is 20.0 Å². The predicted molar refractivity (Wildman–Crippen MR) is 114 cm³/mol. The van der Waals surface area contributed by atoms with Gasteiger partial charge in [0.2, 0.25) is 5.91 Å². The first kappa shape index (κ1) is 18.9. The highest BCUT2D eigenvalue weighted by Gasteiger charge is 2.14. The molecule has 2 heterocycles. The van der Waals surface area contributed by atoms with E-state index in [-0.39, 0.29) is 17.3 Å². The molecule has 4 rings (SSSR count). The van der Waals surface area contributed by atoms with Crippen molar-refractivity contribution >= 4 is 17.2 Å². The second-order valence-corrected chi connectivity index (χ2v) is 7.48. The molecule has 0 aliphatic carbocycles. The van der Waals surface area contributed by atoms with Crippen LogP contribution in [0.2, 0.25) is 0 Å². The molecule has 146 valence electrons. The average Bonchev–Trinajstić information content (AvgIpc) is 3.32. The number of hydrogen-bond donors (Lipinski definition) is 1. The van der Waals surface area contributed by atoms with Gasteiger partial charge in [-0.15, -0.1) is 0 Å². The molecule has 2 aromatic carbocycles. The number of hydrogen-bond acceptors (Lipinski definition) is 4. The summed E-state index contributed by atoms with van der Waals surface area (Å²) in [6, 6.07) is 19.7. The first-order chi connectivity index (χ1) is 14.1. The van der Waals surface area contributed by atoms with E-state index in [2.05, 4.69) is 5.32 Å². The Labute approximate surface area is 172 Å². The van der Waals surface area contributed by atoms with E-state index >= 15 is 0 Å². The Bertz CT molecular complexity index is 1180. The second kappa shape index (κ2) is 8.28. The summed E-state index contributed by atoms with van der Waals surface area (Å²) in [5, 5.41) is 9.42. The van der Waals surface area contributed by atoms with E-state index in [9.17, 15) is 9.59 Å². The van der Waals surface area contributed by atoms with E-state index in [1.165, 1.54) is 4.57 Å². The molecular weight excluding hydrogens is 384 g/mol. The first-order valence-electron chi connectivity index (χ1n) is 9.23. The molecule has 0 aliphatic heterocycles. The first-order valence-corrected chi connectivity index (χ1v) is 10.1. The third kappa shape index (κ3) is 4.20. The van der Waals surface area contributed by atoms with Crippen molar-refractivity contribution in [1.29, 1.82) is 0 Å². The van der Waals surface area contributed by atoms with E-state index in [1.54, 1.807) is 5.38 Å². The number of thiazole rings is 1. The normalized spacial score (nSPS) is 10.8. The second-order valence-electron chi connectivity index (χ2n) is 6.65. The number of rotatable bonds is 6. The predicted octanol–water partition coefficient (Wildman–Crippen LogP) is 3.39. The SMILES string of the molecule is Cc1csc(=O)n1CC(=O)NCc1cn(-c2ccccc2)nc1-c1ccccc1. The number of carbonyl (C=O) groups is 1. The Morgan fingerprint density at radius 3 is 2.41 bits per heavy atom. The minimum atomic E-state index is -0.208. The third-order valence-electron chi connectivity index (χ3n) is 4.61. The number of benzene rings is 2. The number of nitrogens with one attached hydrogen (secondary N) is 1. The number of amides is 1. The Balaban J connectivity index is 1.58. The highest BCUT2D eigenvalue weighted by atomic mass is 32.1. The summed E-state index contributed by atoms with van der Waals surface area (Å²) in [7, 11) is 0. The van der Waals surface area contributed by atoms with Crippen LogP contribution in [0.5, 0.6) is 0 Å². The molecule has 0 unspecified atom stereocenters. The van der Waals surface area contributed by atoms with E-state index in [0.717, 1.165) is 39.5 Å². The van der Waals surface area contributed by atoms with Crippen LogP contribution < -0.4 is 10.2 Å². The van der Waals surface area contributed by atoms with Crippen molar-refractivity contribution in [2.24, 2.45) is 0 Å².